The average Bonchev–Trinajstić information content (AvgIpc) is 3.80. The number of thioether (sulfide) groups is 1. The van der Waals surface area contributed by atoms with E-state index in [0.29, 0.717) is 31.6 Å². The molecule has 0 radical (unpaired) electrons. The molecule has 3 aliphatic rings. The van der Waals surface area contributed by atoms with Crippen LogP contribution in [0.25, 0.3) is 0 Å². The molecule has 366 valence electrons. The van der Waals surface area contributed by atoms with Gasteiger partial charge >= 0.3 is 27.4 Å². The van der Waals surface area contributed by atoms with Crippen LogP contribution in [0.4, 0.5) is 4.79 Å². The predicted molar refractivity (Wildman–Crippen MR) is 241 cm³/mol. The first kappa shape index (κ1) is 55.5. The lowest BCUT2D eigenvalue weighted by Crippen LogP contribution is -2.50. The number of H-pyrrole nitrogens is 1. The molecule has 8 N–H and O–H groups in total. The molecule has 23 nitrogen and oxygen atoms in total. The van der Waals surface area contributed by atoms with Gasteiger partial charge in [-0.3, -0.25) is 48.1 Å². The Bertz CT molecular complexity index is 2680. The number of aliphatic hydroxyl groups excluding tert-OH is 1. The zero-order valence-corrected chi connectivity index (χ0v) is 40.5. The molecule has 27 heteroatoms. The number of aromatic amines is 1. The number of urea groups is 1. The van der Waals surface area contributed by atoms with Gasteiger partial charge in [-0.1, -0.05) is 19.1 Å². The minimum absolute atomic E-state index is 0.0258. The van der Waals surface area contributed by atoms with Gasteiger partial charge in [0.1, 0.15) is 24.7 Å². The van der Waals surface area contributed by atoms with E-state index in [1.165, 1.54) is 30.0 Å². The number of methoxy groups -OCH3 is 1. The van der Waals surface area contributed by atoms with Crippen molar-refractivity contribution in [1.29, 1.82) is 0 Å². The third kappa shape index (κ3) is 18.4. The van der Waals surface area contributed by atoms with Crippen molar-refractivity contribution in [3.05, 3.63) is 114 Å². The monoisotopic (exact) mass is 1070 g/mol. The molecular formula is C41H47BrN6O17P2S. The number of aliphatic hydroxyl groups is 1. The first-order chi connectivity index (χ1) is 32.3. The van der Waals surface area contributed by atoms with Gasteiger partial charge in [0.05, 0.1) is 35.3 Å². The number of carbonyl (C=O) groups excluding carboxylic acids is 3. The van der Waals surface area contributed by atoms with E-state index in [9.17, 15) is 43.1 Å². The van der Waals surface area contributed by atoms with Gasteiger partial charge in [0.15, 0.2) is 0 Å². The van der Waals surface area contributed by atoms with Gasteiger partial charge in [-0.05, 0) is 87.3 Å². The molecule has 3 aliphatic heterocycles. The summed E-state index contributed by atoms with van der Waals surface area (Å²) in [5, 5.41) is 18.0. The maximum absolute atomic E-state index is 13.0. The van der Waals surface area contributed by atoms with Crippen LogP contribution in [0, 0.1) is 5.92 Å². The molecule has 0 saturated carbocycles. The molecular weight excluding hydrogens is 1020 g/mol. The third-order valence-corrected chi connectivity index (χ3v) is 12.6. The molecule has 0 bridgehead atoms. The van der Waals surface area contributed by atoms with Crippen LogP contribution in [0.15, 0.2) is 102 Å². The Morgan fingerprint density at radius 3 is 2.34 bits per heavy atom. The second-order valence-corrected chi connectivity index (χ2v) is 19.1. The topological polar surface area (TPSA) is 316 Å². The van der Waals surface area contributed by atoms with Crippen LogP contribution < -0.4 is 27.2 Å². The summed E-state index contributed by atoms with van der Waals surface area (Å²) in [6.07, 6.45) is -0.000917. The minimum atomic E-state index is -5.04. The summed E-state index contributed by atoms with van der Waals surface area (Å²) < 4.78 is 56.8. The van der Waals surface area contributed by atoms with Crippen molar-refractivity contribution in [2.24, 2.45) is 5.92 Å². The van der Waals surface area contributed by atoms with Crippen LogP contribution in [0.1, 0.15) is 51.7 Å². The normalized spacial score (nSPS) is 23.5. The summed E-state index contributed by atoms with van der Waals surface area (Å²) >= 11 is 4.34. The van der Waals surface area contributed by atoms with Gasteiger partial charge in [0.2, 0.25) is 11.8 Å². The number of rotatable bonds is 22. The zero-order valence-electron chi connectivity index (χ0n) is 36.3. The predicted octanol–water partition coefficient (Wildman–Crippen LogP) is 2.37. The standard InChI is InChI=1S/C41H47BrN6O17P2S/c1-4-5-6-7-8-9-10-11-14-17-34(65-67(58,59)62-25-30-29(49)23-36(63-30)48-24-28(42)38(52)46-41(48)54)44-33(51)16-13-12-15-20-43-32(50)19-22-68-35-18-21-47(40(53)45-35)39-27(2)37(60-3)31(64-39)26-61-66(55,56)57/h18,21,24,27,29-31,35-37,39,49H,1,12-13,15-16,19-20,22-23,25-26H2,2-3H3,(H,43,50)(H,44,51)(H,45,53)(H,58,59)(H,46,52,54)(H2,55,56,57). The highest BCUT2D eigenvalue weighted by molar-refractivity contribution is 9.10. The highest BCUT2D eigenvalue weighted by Crippen LogP contribution is 2.46. The number of hydrogen-bond donors (Lipinski definition) is 8. The summed E-state index contributed by atoms with van der Waals surface area (Å²) in [6.45, 7) is 4.26. The number of hydrogen-bond acceptors (Lipinski definition) is 15. The van der Waals surface area contributed by atoms with Gasteiger partial charge in [-0.25, -0.2) is 18.7 Å². The van der Waals surface area contributed by atoms with Crippen molar-refractivity contribution in [2.45, 2.75) is 87.7 Å². The molecule has 4 heterocycles. The van der Waals surface area contributed by atoms with Crippen LogP contribution in [0.2, 0.25) is 0 Å². The third-order valence-electron chi connectivity index (χ3n) is 9.56. The number of phosphoric acid groups is 2. The Balaban J connectivity index is 1.22. The molecule has 4 amide bonds. The molecule has 1 aromatic heterocycles. The molecule has 2 fully saturated rings. The molecule has 4 rings (SSSR count). The Morgan fingerprint density at radius 1 is 0.971 bits per heavy atom. The lowest BCUT2D eigenvalue weighted by Gasteiger charge is -2.33. The number of amides is 4. The van der Waals surface area contributed by atoms with Crippen molar-refractivity contribution in [3.63, 3.8) is 0 Å². The van der Waals surface area contributed by atoms with E-state index < -0.39 is 100 Å². The smallest absolute Gasteiger partial charge is 0.390 e. The molecule has 9 atom stereocenters. The van der Waals surface area contributed by atoms with E-state index in [4.69, 9.17) is 33.0 Å². The molecule has 9 unspecified atom stereocenters. The van der Waals surface area contributed by atoms with Gasteiger partial charge in [0, 0.05) is 62.7 Å². The minimum Gasteiger partial charge on any atom is -0.390 e. The summed E-state index contributed by atoms with van der Waals surface area (Å²) in [4.78, 5) is 94.3. The summed E-state index contributed by atoms with van der Waals surface area (Å²) in [7, 11) is -8.37. The number of nitrogens with one attached hydrogen (secondary N) is 4. The van der Waals surface area contributed by atoms with Crippen molar-refractivity contribution in [3.8, 4) is 0 Å². The van der Waals surface area contributed by atoms with E-state index in [1.807, 2.05) is 0 Å². The summed E-state index contributed by atoms with van der Waals surface area (Å²) in [5.74, 6) is -1.55. The molecule has 2 saturated heterocycles. The fraction of sp³-hybridized carbons (Fsp3) is 0.488. The lowest BCUT2D eigenvalue weighted by molar-refractivity contribution is -0.122. The zero-order chi connectivity index (χ0) is 49.9. The van der Waals surface area contributed by atoms with Crippen LogP contribution in [0.3, 0.4) is 0 Å². The van der Waals surface area contributed by atoms with Crippen molar-refractivity contribution < 1.29 is 71.1 Å². The SMILES string of the molecule is C=C=C=C=C=C=C=C=C=C=C=C(NC(=O)CCCCCNC(=O)CCSC1C=CN(C2OC(COP(=O)(O)O)C(OC)C2C)C(=O)N1)OP(=O)(O)OCC1OC(n2cc(Br)c(=O)[nH]c2=O)CC1O. The summed E-state index contributed by atoms with van der Waals surface area (Å²) in [6, 6.07) is -0.472. The number of nitrogens with zero attached hydrogens (tertiary/aromatic N) is 2. The number of halogens is 1. The van der Waals surface area contributed by atoms with E-state index >= 15 is 0 Å². The Labute approximate surface area is 400 Å². The number of phosphoric ester groups is 2. The lowest BCUT2D eigenvalue weighted by atomic mass is 10.0. The maximum Gasteiger partial charge on any atom is 0.529 e. The second-order valence-electron chi connectivity index (χ2n) is 14.4. The summed E-state index contributed by atoms with van der Waals surface area (Å²) in [5.41, 5.74) is 22.2. The second kappa shape index (κ2) is 27.2. The quantitative estimate of drug-likeness (QED) is 0.0358. The van der Waals surface area contributed by atoms with E-state index in [1.54, 1.807) is 19.2 Å². The highest BCUT2D eigenvalue weighted by atomic mass is 79.9. The number of ether oxygens (including phenoxy) is 3. The van der Waals surface area contributed by atoms with Crippen LogP contribution in [-0.4, -0.2) is 121 Å². The molecule has 0 aromatic carbocycles. The van der Waals surface area contributed by atoms with Gasteiger partial charge in [0.25, 0.3) is 11.4 Å². The van der Waals surface area contributed by atoms with Crippen LogP contribution in [0.5, 0.6) is 0 Å². The highest BCUT2D eigenvalue weighted by Gasteiger charge is 2.47. The van der Waals surface area contributed by atoms with Crippen molar-refractivity contribution >= 4 is 61.2 Å². The number of aromatic nitrogens is 2. The van der Waals surface area contributed by atoms with Crippen LogP contribution in [-0.2, 0) is 46.5 Å². The maximum atomic E-state index is 13.0. The fourth-order valence-electron chi connectivity index (χ4n) is 6.44. The van der Waals surface area contributed by atoms with Gasteiger partial charge in [-0.15, -0.1) is 11.8 Å². The van der Waals surface area contributed by atoms with Gasteiger partial charge < -0.3 is 44.3 Å². The van der Waals surface area contributed by atoms with Crippen molar-refractivity contribution in [1.82, 2.24) is 30.4 Å². The van der Waals surface area contributed by atoms with E-state index in [0.717, 1.165) is 4.57 Å². The van der Waals surface area contributed by atoms with E-state index in [-0.39, 0.29) is 35.6 Å². The molecule has 68 heavy (non-hydrogen) atoms. The van der Waals surface area contributed by atoms with Crippen molar-refractivity contribution in [2.75, 3.05) is 32.6 Å². The number of carbonyl (C=O) groups is 3. The Hall–Kier alpha value is -5.10. The molecule has 1 aromatic rings. The van der Waals surface area contributed by atoms with Crippen LogP contribution >= 0.6 is 43.3 Å². The van der Waals surface area contributed by atoms with E-state index in [2.05, 4.69) is 105 Å². The molecule has 0 spiro atoms. The Morgan fingerprint density at radius 2 is 1.66 bits per heavy atom. The number of unbranched alkanes of at least 4 members (excludes halogenated alkanes) is 2. The Kier molecular flexibility index (Phi) is 22.2. The largest absolute Gasteiger partial charge is 0.529 e. The fourth-order valence-corrected chi connectivity index (χ4v) is 8.73. The first-order valence-corrected chi connectivity index (χ1v) is 25.2. The average molecular weight is 1070 g/mol. The van der Waals surface area contributed by atoms with Gasteiger partial charge in [-0.2, -0.15) is 0 Å². The first-order valence-electron chi connectivity index (χ1n) is 20.3. The molecule has 0 aliphatic carbocycles.